The van der Waals surface area contributed by atoms with Crippen LogP contribution in [0.2, 0.25) is 5.02 Å². The molecular formula is C11H17ClN4. The van der Waals surface area contributed by atoms with Crippen molar-refractivity contribution in [3.05, 3.63) is 17.5 Å². The minimum absolute atomic E-state index is 0.614. The topological polar surface area (TPSA) is 32.3 Å². The smallest absolute Gasteiger partial charge is 0.150 e. The molecule has 5 heteroatoms. The van der Waals surface area contributed by atoms with Crippen LogP contribution in [0.15, 0.2) is 12.5 Å². The van der Waals surface area contributed by atoms with Gasteiger partial charge in [0.25, 0.3) is 0 Å². The molecule has 1 saturated heterocycles. The molecule has 88 valence electrons. The van der Waals surface area contributed by atoms with Gasteiger partial charge >= 0.3 is 0 Å². The highest BCUT2D eigenvalue weighted by atomic mass is 35.5. The Bertz CT molecular complexity index is 348. The third-order valence-corrected chi connectivity index (χ3v) is 3.26. The van der Waals surface area contributed by atoms with Crippen LogP contribution in [0.5, 0.6) is 0 Å². The Kier molecular flexibility index (Phi) is 3.61. The normalized spacial score (nSPS) is 18.1. The second-order valence-electron chi connectivity index (χ2n) is 4.31. The summed E-state index contributed by atoms with van der Waals surface area (Å²) in [6.07, 6.45) is 3.20. The van der Waals surface area contributed by atoms with Crippen LogP contribution in [-0.4, -0.2) is 47.1 Å². The molecule has 1 aromatic heterocycles. The van der Waals surface area contributed by atoms with Crippen molar-refractivity contribution in [1.82, 2.24) is 14.9 Å². The van der Waals surface area contributed by atoms with Gasteiger partial charge in [0.05, 0.1) is 6.20 Å². The first-order valence-corrected chi connectivity index (χ1v) is 6.01. The van der Waals surface area contributed by atoms with Crippen molar-refractivity contribution in [3.8, 4) is 0 Å². The lowest BCUT2D eigenvalue weighted by Crippen LogP contribution is -2.49. The van der Waals surface area contributed by atoms with Crippen LogP contribution in [0.4, 0.5) is 5.82 Å². The number of hydrogen-bond acceptors (Lipinski definition) is 4. The highest BCUT2D eigenvalue weighted by molar-refractivity contribution is 6.32. The van der Waals surface area contributed by atoms with E-state index >= 15 is 0 Å². The molecule has 0 amide bonds. The van der Waals surface area contributed by atoms with Crippen molar-refractivity contribution in [3.63, 3.8) is 0 Å². The minimum Gasteiger partial charge on any atom is -0.353 e. The summed E-state index contributed by atoms with van der Waals surface area (Å²) >= 11 is 6.08. The van der Waals surface area contributed by atoms with Gasteiger partial charge in [0, 0.05) is 32.2 Å². The summed E-state index contributed by atoms with van der Waals surface area (Å²) in [7, 11) is 0. The Hall–Kier alpha value is -0.870. The van der Waals surface area contributed by atoms with Gasteiger partial charge in [0.1, 0.15) is 11.3 Å². The Balaban J connectivity index is 2.02. The van der Waals surface area contributed by atoms with E-state index in [1.807, 2.05) is 0 Å². The van der Waals surface area contributed by atoms with Crippen molar-refractivity contribution < 1.29 is 0 Å². The maximum absolute atomic E-state index is 6.08. The monoisotopic (exact) mass is 240 g/mol. The highest BCUT2D eigenvalue weighted by Crippen LogP contribution is 2.22. The van der Waals surface area contributed by atoms with Crippen LogP contribution in [0.1, 0.15) is 13.8 Å². The minimum atomic E-state index is 0.614. The van der Waals surface area contributed by atoms with Gasteiger partial charge in [-0.3, -0.25) is 4.90 Å². The number of rotatable bonds is 2. The summed E-state index contributed by atoms with van der Waals surface area (Å²) < 4.78 is 0. The average Bonchev–Trinajstić information content (AvgIpc) is 2.30. The lowest BCUT2D eigenvalue weighted by atomic mass is 10.2. The second kappa shape index (κ2) is 4.97. The fourth-order valence-electron chi connectivity index (χ4n) is 1.99. The largest absolute Gasteiger partial charge is 0.353 e. The number of piperazine rings is 1. The molecule has 1 fully saturated rings. The van der Waals surface area contributed by atoms with E-state index in [9.17, 15) is 0 Å². The third-order valence-electron chi connectivity index (χ3n) is 2.99. The molecule has 0 bridgehead atoms. The fraction of sp³-hybridized carbons (Fsp3) is 0.636. The van der Waals surface area contributed by atoms with E-state index in [-0.39, 0.29) is 0 Å². The van der Waals surface area contributed by atoms with Crippen molar-refractivity contribution in [2.45, 2.75) is 19.9 Å². The van der Waals surface area contributed by atoms with Gasteiger partial charge in [-0.2, -0.15) is 0 Å². The van der Waals surface area contributed by atoms with Gasteiger partial charge in [-0.05, 0) is 13.8 Å². The van der Waals surface area contributed by atoms with Crippen molar-refractivity contribution in [2.24, 2.45) is 0 Å². The van der Waals surface area contributed by atoms with Gasteiger partial charge in [-0.1, -0.05) is 11.6 Å². The Labute approximate surface area is 101 Å². The third kappa shape index (κ3) is 2.44. The SMILES string of the molecule is CC(C)N1CCN(c2ncncc2Cl)CC1. The molecule has 0 unspecified atom stereocenters. The van der Waals surface area contributed by atoms with E-state index in [4.69, 9.17) is 11.6 Å². The highest BCUT2D eigenvalue weighted by Gasteiger charge is 2.20. The van der Waals surface area contributed by atoms with E-state index in [0.29, 0.717) is 11.1 Å². The molecule has 0 aliphatic carbocycles. The molecule has 2 rings (SSSR count). The molecule has 0 N–H and O–H groups in total. The molecule has 1 aliphatic rings. The Morgan fingerprint density at radius 1 is 1.25 bits per heavy atom. The van der Waals surface area contributed by atoms with Gasteiger partial charge in [0.2, 0.25) is 0 Å². The quantitative estimate of drug-likeness (QED) is 0.787. The van der Waals surface area contributed by atoms with E-state index < -0.39 is 0 Å². The average molecular weight is 241 g/mol. The number of hydrogen-bond donors (Lipinski definition) is 0. The van der Waals surface area contributed by atoms with E-state index in [1.165, 1.54) is 0 Å². The van der Waals surface area contributed by atoms with Crippen molar-refractivity contribution in [1.29, 1.82) is 0 Å². The van der Waals surface area contributed by atoms with E-state index in [2.05, 4.69) is 33.6 Å². The number of halogens is 1. The number of anilines is 1. The standard InChI is InChI=1S/C11H17ClN4/c1-9(2)15-3-5-16(6-4-15)11-10(12)7-13-8-14-11/h7-9H,3-6H2,1-2H3. The summed E-state index contributed by atoms with van der Waals surface area (Å²) in [6, 6.07) is 0.614. The first-order chi connectivity index (χ1) is 7.68. The zero-order chi connectivity index (χ0) is 11.5. The Morgan fingerprint density at radius 2 is 1.94 bits per heavy atom. The van der Waals surface area contributed by atoms with E-state index in [1.54, 1.807) is 12.5 Å². The number of nitrogens with zero attached hydrogens (tertiary/aromatic N) is 4. The molecule has 0 aromatic carbocycles. The van der Waals surface area contributed by atoms with Gasteiger partial charge in [0.15, 0.2) is 5.82 Å². The van der Waals surface area contributed by atoms with Crippen LogP contribution in [0.25, 0.3) is 0 Å². The van der Waals surface area contributed by atoms with Crippen LogP contribution in [0.3, 0.4) is 0 Å². The summed E-state index contributed by atoms with van der Waals surface area (Å²) in [6.45, 7) is 8.56. The lowest BCUT2D eigenvalue weighted by Gasteiger charge is -2.37. The predicted octanol–water partition coefficient (Wildman–Crippen LogP) is 1.66. The zero-order valence-corrected chi connectivity index (χ0v) is 10.5. The molecule has 1 aromatic rings. The van der Waals surface area contributed by atoms with Crippen molar-refractivity contribution >= 4 is 17.4 Å². The molecule has 0 spiro atoms. The van der Waals surface area contributed by atoms with Crippen LogP contribution in [0, 0.1) is 0 Å². The summed E-state index contributed by atoms with van der Waals surface area (Å²) in [5.74, 6) is 0.861. The zero-order valence-electron chi connectivity index (χ0n) is 9.73. The summed E-state index contributed by atoms with van der Waals surface area (Å²) in [5, 5.41) is 0.639. The maximum atomic E-state index is 6.08. The first kappa shape index (κ1) is 11.6. The van der Waals surface area contributed by atoms with Gasteiger partial charge in [-0.15, -0.1) is 0 Å². The molecular weight excluding hydrogens is 224 g/mol. The molecule has 16 heavy (non-hydrogen) atoms. The lowest BCUT2D eigenvalue weighted by molar-refractivity contribution is 0.209. The molecule has 0 saturated carbocycles. The van der Waals surface area contributed by atoms with Crippen molar-refractivity contribution in [2.75, 3.05) is 31.1 Å². The molecule has 1 aliphatic heterocycles. The molecule has 0 atom stereocenters. The maximum Gasteiger partial charge on any atom is 0.150 e. The van der Waals surface area contributed by atoms with Gasteiger partial charge < -0.3 is 4.90 Å². The number of aromatic nitrogens is 2. The van der Waals surface area contributed by atoms with E-state index in [0.717, 1.165) is 32.0 Å². The fourth-order valence-corrected chi connectivity index (χ4v) is 2.21. The van der Waals surface area contributed by atoms with Crippen LogP contribution < -0.4 is 4.90 Å². The molecule has 0 radical (unpaired) electrons. The van der Waals surface area contributed by atoms with Crippen LogP contribution in [-0.2, 0) is 0 Å². The first-order valence-electron chi connectivity index (χ1n) is 5.63. The second-order valence-corrected chi connectivity index (χ2v) is 4.72. The Morgan fingerprint density at radius 3 is 2.50 bits per heavy atom. The predicted molar refractivity (Wildman–Crippen MR) is 66.0 cm³/mol. The van der Waals surface area contributed by atoms with Gasteiger partial charge in [-0.25, -0.2) is 9.97 Å². The summed E-state index contributed by atoms with van der Waals surface area (Å²) in [5.41, 5.74) is 0. The summed E-state index contributed by atoms with van der Waals surface area (Å²) in [4.78, 5) is 12.8. The van der Waals surface area contributed by atoms with Crippen LogP contribution >= 0.6 is 11.6 Å². The molecule has 4 nitrogen and oxygen atoms in total. The molecule has 2 heterocycles.